The maximum Gasteiger partial charge on any atom is 0.332 e. The molecule has 1 aliphatic rings. The number of nitrogens with zero attached hydrogens (tertiary/aromatic N) is 1. The third kappa shape index (κ3) is 2.93. The third-order valence-electron chi connectivity index (χ3n) is 2.34. The fourth-order valence-electron chi connectivity index (χ4n) is 1.56. The van der Waals surface area contributed by atoms with Crippen LogP contribution < -0.4 is 5.73 Å². The molecule has 7 heteroatoms. The van der Waals surface area contributed by atoms with Gasteiger partial charge in [0.05, 0.1) is 6.54 Å². The number of amides is 2. The van der Waals surface area contributed by atoms with Gasteiger partial charge in [-0.15, -0.1) is 0 Å². The summed E-state index contributed by atoms with van der Waals surface area (Å²) in [5, 5.41) is 8.67. The maximum atomic E-state index is 11.6. The van der Waals surface area contributed by atoms with Gasteiger partial charge in [0.1, 0.15) is 6.10 Å². The molecule has 0 bridgehead atoms. The predicted molar refractivity (Wildman–Crippen MR) is 52.4 cm³/mol. The molecule has 2 amide bonds. The lowest BCUT2D eigenvalue weighted by atomic mass is 10.2. The Bertz CT molecular complexity index is 317. The van der Waals surface area contributed by atoms with Gasteiger partial charge in [-0.25, -0.2) is 4.79 Å². The van der Waals surface area contributed by atoms with Crippen molar-refractivity contribution in [2.24, 2.45) is 5.73 Å². The van der Waals surface area contributed by atoms with E-state index in [1.807, 2.05) is 0 Å². The molecule has 0 aromatic heterocycles. The van der Waals surface area contributed by atoms with Gasteiger partial charge in [0.2, 0.25) is 5.91 Å². The summed E-state index contributed by atoms with van der Waals surface area (Å²) >= 11 is 0. The van der Waals surface area contributed by atoms with E-state index in [1.54, 1.807) is 0 Å². The van der Waals surface area contributed by atoms with Crippen molar-refractivity contribution in [3.05, 3.63) is 0 Å². The Labute approximate surface area is 92.1 Å². The number of carbonyl (C=O) groups is 3. The second-order valence-corrected chi connectivity index (χ2v) is 3.69. The van der Waals surface area contributed by atoms with Crippen molar-refractivity contribution >= 4 is 17.8 Å². The summed E-state index contributed by atoms with van der Waals surface area (Å²) < 4.78 is 5.04. The Morgan fingerprint density at radius 1 is 1.38 bits per heavy atom. The molecule has 0 radical (unpaired) electrons. The molecular formula is C9H14N2O5. The number of hydrogen-bond donors (Lipinski definition) is 2. The Kier molecular flexibility index (Phi) is 3.83. The highest BCUT2D eigenvalue weighted by molar-refractivity contribution is 5.86. The minimum atomic E-state index is -1.08. The van der Waals surface area contributed by atoms with E-state index in [1.165, 1.54) is 7.05 Å². The number of carbonyl (C=O) groups excluding carboxylic acids is 2. The lowest BCUT2D eigenvalue weighted by Gasteiger charge is -2.19. The molecule has 0 aromatic rings. The van der Waals surface area contributed by atoms with E-state index in [9.17, 15) is 14.4 Å². The Balaban J connectivity index is 2.50. The van der Waals surface area contributed by atoms with Crippen LogP contribution in [-0.4, -0.2) is 53.6 Å². The van der Waals surface area contributed by atoms with E-state index >= 15 is 0 Å². The van der Waals surface area contributed by atoms with Crippen LogP contribution in [0.15, 0.2) is 0 Å². The lowest BCUT2D eigenvalue weighted by molar-refractivity contribution is -0.155. The number of nitrogens with two attached hydrogens (primary N) is 1. The number of ether oxygens (including phenoxy) is 1. The first kappa shape index (κ1) is 12.4. The van der Waals surface area contributed by atoms with Crippen molar-refractivity contribution in [2.45, 2.75) is 25.0 Å². The van der Waals surface area contributed by atoms with E-state index in [0.717, 1.165) is 4.90 Å². The highest BCUT2D eigenvalue weighted by Crippen LogP contribution is 2.21. The molecule has 0 aromatic carbocycles. The van der Waals surface area contributed by atoms with E-state index in [2.05, 4.69) is 0 Å². The summed E-state index contributed by atoms with van der Waals surface area (Å²) in [5.74, 6) is -2.11. The molecule has 3 N–H and O–H groups in total. The van der Waals surface area contributed by atoms with Crippen LogP contribution in [0.4, 0.5) is 0 Å². The van der Waals surface area contributed by atoms with Crippen LogP contribution >= 0.6 is 0 Å². The van der Waals surface area contributed by atoms with Crippen LogP contribution in [0.5, 0.6) is 0 Å². The second kappa shape index (κ2) is 4.93. The number of hydrogen-bond acceptors (Lipinski definition) is 4. The van der Waals surface area contributed by atoms with Crippen molar-refractivity contribution in [1.29, 1.82) is 0 Å². The molecular weight excluding hydrogens is 216 g/mol. The third-order valence-corrected chi connectivity index (χ3v) is 2.34. The van der Waals surface area contributed by atoms with Crippen LogP contribution in [0, 0.1) is 0 Å². The van der Waals surface area contributed by atoms with E-state index in [0.29, 0.717) is 12.8 Å². The summed E-state index contributed by atoms with van der Waals surface area (Å²) in [4.78, 5) is 34.0. The standard InChI is InChI=1S/C9H14N2O5/c1-11(4-7(10)12)8(13)5-2-3-6(16-5)9(14)15/h5-6H,2-4H2,1H3,(H2,10,12)(H,14,15). The first-order valence-electron chi connectivity index (χ1n) is 4.83. The zero-order valence-corrected chi connectivity index (χ0v) is 8.88. The van der Waals surface area contributed by atoms with Gasteiger partial charge >= 0.3 is 5.97 Å². The summed E-state index contributed by atoms with van der Waals surface area (Å²) in [6.07, 6.45) is -1.07. The second-order valence-electron chi connectivity index (χ2n) is 3.69. The van der Waals surface area contributed by atoms with Crippen molar-refractivity contribution in [3.8, 4) is 0 Å². The van der Waals surface area contributed by atoms with Crippen molar-refractivity contribution in [2.75, 3.05) is 13.6 Å². The quantitative estimate of drug-likeness (QED) is 0.614. The Morgan fingerprint density at radius 2 is 1.94 bits per heavy atom. The largest absolute Gasteiger partial charge is 0.479 e. The van der Waals surface area contributed by atoms with E-state index < -0.39 is 30.0 Å². The molecule has 1 fully saturated rings. The molecule has 16 heavy (non-hydrogen) atoms. The van der Waals surface area contributed by atoms with Gasteiger partial charge in [0, 0.05) is 7.05 Å². The molecule has 90 valence electrons. The fraction of sp³-hybridized carbons (Fsp3) is 0.667. The zero-order chi connectivity index (χ0) is 12.3. The van der Waals surface area contributed by atoms with Crippen LogP contribution in [0.2, 0.25) is 0 Å². The van der Waals surface area contributed by atoms with Gasteiger partial charge in [-0.2, -0.15) is 0 Å². The van der Waals surface area contributed by atoms with Crippen molar-refractivity contribution in [1.82, 2.24) is 4.90 Å². The topological polar surface area (TPSA) is 110 Å². The monoisotopic (exact) mass is 230 g/mol. The summed E-state index contributed by atoms with van der Waals surface area (Å²) in [7, 11) is 1.42. The smallest absolute Gasteiger partial charge is 0.332 e. The number of carboxylic acids is 1. The number of aliphatic carboxylic acids is 1. The molecule has 0 saturated carbocycles. The minimum absolute atomic E-state index is 0.198. The average molecular weight is 230 g/mol. The van der Waals surface area contributed by atoms with Gasteiger partial charge in [-0.05, 0) is 12.8 Å². The van der Waals surface area contributed by atoms with Crippen LogP contribution in [0.1, 0.15) is 12.8 Å². The molecule has 2 atom stereocenters. The highest BCUT2D eigenvalue weighted by Gasteiger charge is 2.36. The average Bonchev–Trinajstić information content (AvgIpc) is 2.64. The van der Waals surface area contributed by atoms with Crippen LogP contribution in [0.25, 0.3) is 0 Å². The van der Waals surface area contributed by atoms with Gasteiger partial charge < -0.3 is 20.5 Å². The molecule has 1 heterocycles. The number of carboxylic acid groups (broad SMARTS) is 1. The first-order chi connectivity index (χ1) is 7.41. The summed E-state index contributed by atoms with van der Waals surface area (Å²) in [6, 6.07) is 0. The van der Waals surface area contributed by atoms with E-state index in [-0.39, 0.29) is 6.54 Å². The van der Waals surface area contributed by atoms with Crippen molar-refractivity contribution < 1.29 is 24.2 Å². The molecule has 1 aliphatic heterocycles. The minimum Gasteiger partial charge on any atom is -0.479 e. The van der Waals surface area contributed by atoms with Gasteiger partial charge in [-0.3, -0.25) is 9.59 Å². The molecule has 0 aliphatic carbocycles. The zero-order valence-electron chi connectivity index (χ0n) is 8.88. The Morgan fingerprint density at radius 3 is 2.38 bits per heavy atom. The normalized spacial score (nSPS) is 24.1. The number of primary amides is 1. The van der Waals surface area contributed by atoms with Crippen LogP contribution in [0.3, 0.4) is 0 Å². The molecule has 1 saturated heterocycles. The molecule has 2 unspecified atom stereocenters. The maximum absolute atomic E-state index is 11.6. The van der Waals surface area contributed by atoms with E-state index in [4.69, 9.17) is 15.6 Å². The Hall–Kier alpha value is -1.63. The molecule has 1 rings (SSSR count). The highest BCUT2D eigenvalue weighted by atomic mass is 16.5. The van der Waals surface area contributed by atoms with Gasteiger partial charge in [0.25, 0.3) is 5.91 Å². The summed E-state index contributed by atoms with van der Waals surface area (Å²) in [6.45, 7) is -0.198. The fourth-order valence-corrected chi connectivity index (χ4v) is 1.56. The summed E-state index contributed by atoms with van der Waals surface area (Å²) in [5.41, 5.74) is 4.94. The lowest BCUT2D eigenvalue weighted by Crippen LogP contribution is -2.41. The molecule has 7 nitrogen and oxygen atoms in total. The van der Waals surface area contributed by atoms with Crippen LogP contribution in [-0.2, 0) is 19.1 Å². The number of rotatable bonds is 4. The first-order valence-corrected chi connectivity index (χ1v) is 4.83. The number of likely N-dealkylation sites (N-methyl/N-ethyl adjacent to an activating group) is 1. The SMILES string of the molecule is CN(CC(N)=O)C(=O)C1CCC(C(=O)O)O1. The van der Waals surface area contributed by atoms with Gasteiger partial charge in [0.15, 0.2) is 6.10 Å². The van der Waals surface area contributed by atoms with Gasteiger partial charge in [-0.1, -0.05) is 0 Å². The predicted octanol–water partition coefficient (Wildman–Crippen LogP) is -1.44. The molecule has 0 spiro atoms. The van der Waals surface area contributed by atoms with Crippen molar-refractivity contribution in [3.63, 3.8) is 0 Å².